The molecule has 0 atom stereocenters. The number of fused-ring (bicyclic) bond motifs is 1. The highest BCUT2D eigenvalue weighted by Crippen LogP contribution is 2.37. The maximum atomic E-state index is 13.9. The van der Waals surface area contributed by atoms with E-state index in [1.807, 2.05) is 82.3 Å². The quantitative estimate of drug-likeness (QED) is 0.131. The van der Waals surface area contributed by atoms with Crippen LogP contribution in [0.25, 0.3) is 22.3 Å². The number of para-hydroxylation sites is 1. The van der Waals surface area contributed by atoms with Gasteiger partial charge in [-0.25, -0.2) is 4.98 Å². The van der Waals surface area contributed by atoms with Crippen LogP contribution < -0.4 is 25.1 Å². The summed E-state index contributed by atoms with van der Waals surface area (Å²) in [6, 6.07) is 22.3. The van der Waals surface area contributed by atoms with E-state index < -0.39 is 0 Å². The maximum Gasteiger partial charge on any atom is 0.282 e. The molecule has 1 heterocycles. The average Bonchev–Trinajstić information content (AvgIpc) is 3.05. The second-order valence-corrected chi connectivity index (χ2v) is 12.4. The Bertz CT molecular complexity index is 2040. The second kappa shape index (κ2) is 15.3. The Morgan fingerprint density at radius 1 is 0.958 bits per heavy atom. The van der Waals surface area contributed by atoms with Gasteiger partial charge in [0.05, 0.1) is 34.8 Å². The Labute approximate surface area is 288 Å². The number of nitrogens with one attached hydrogen (secondary N) is 1. The van der Waals surface area contributed by atoms with E-state index in [0.717, 1.165) is 28.0 Å². The van der Waals surface area contributed by atoms with Crippen LogP contribution in [-0.4, -0.2) is 41.6 Å². The minimum atomic E-state index is -0.306. The predicted octanol–water partition coefficient (Wildman–Crippen LogP) is 8.26. The van der Waals surface area contributed by atoms with Crippen molar-refractivity contribution in [3.05, 3.63) is 110 Å². The third kappa shape index (κ3) is 7.77. The van der Waals surface area contributed by atoms with Gasteiger partial charge in [0.1, 0.15) is 5.75 Å². The van der Waals surface area contributed by atoms with Crippen molar-refractivity contribution >= 4 is 44.6 Å². The van der Waals surface area contributed by atoms with Crippen LogP contribution in [0, 0.1) is 13.8 Å². The third-order valence-electron chi connectivity index (χ3n) is 7.61. The fourth-order valence-electron chi connectivity index (χ4n) is 5.24. The standard InChI is InChI=1S/C38H39BrN4O5/c1-7-46-33-17-25(6)30(20-29(33)23(3)4)37-42-32-12-10-9-11-28(32)38(45)43(37)40-21-26-18-31(39)36(34(19-26)47-8-2)48-22-35(44)41-27-15-13-24(5)14-16-27/h9-21,23H,7-8,22H2,1-6H3,(H,41,44). The van der Waals surface area contributed by atoms with Crippen molar-refractivity contribution in [3.63, 3.8) is 0 Å². The fourth-order valence-corrected chi connectivity index (χ4v) is 5.81. The zero-order valence-corrected chi connectivity index (χ0v) is 29.6. The minimum Gasteiger partial charge on any atom is -0.494 e. The van der Waals surface area contributed by atoms with Crippen LogP contribution >= 0.6 is 15.9 Å². The maximum absolute atomic E-state index is 13.9. The van der Waals surface area contributed by atoms with Crippen molar-refractivity contribution in [2.75, 3.05) is 25.1 Å². The normalized spacial score (nSPS) is 11.3. The molecule has 0 aliphatic heterocycles. The zero-order chi connectivity index (χ0) is 34.4. The molecule has 4 aromatic carbocycles. The number of aryl methyl sites for hydroxylation is 2. The van der Waals surface area contributed by atoms with Gasteiger partial charge in [0.15, 0.2) is 23.9 Å². The molecule has 1 aromatic heterocycles. The molecule has 0 spiro atoms. The summed E-state index contributed by atoms with van der Waals surface area (Å²) in [4.78, 5) is 31.5. The van der Waals surface area contributed by atoms with Crippen LogP contribution in [0.1, 0.15) is 55.9 Å². The van der Waals surface area contributed by atoms with E-state index in [0.29, 0.717) is 57.2 Å². The van der Waals surface area contributed by atoms with E-state index in [1.54, 1.807) is 24.4 Å². The molecule has 0 bridgehead atoms. The molecular formula is C38H39BrN4O5. The molecule has 0 aliphatic rings. The number of amides is 1. The monoisotopic (exact) mass is 710 g/mol. The van der Waals surface area contributed by atoms with E-state index >= 15 is 0 Å². The number of nitrogens with zero attached hydrogens (tertiary/aromatic N) is 3. The summed E-state index contributed by atoms with van der Waals surface area (Å²) in [6.45, 7) is 12.7. The first-order chi connectivity index (χ1) is 23.1. The van der Waals surface area contributed by atoms with E-state index in [9.17, 15) is 9.59 Å². The van der Waals surface area contributed by atoms with Crippen molar-refractivity contribution in [2.45, 2.75) is 47.5 Å². The van der Waals surface area contributed by atoms with Crippen molar-refractivity contribution < 1.29 is 19.0 Å². The number of carbonyl (C=O) groups is 1. The van der Waals surface area contributed by atoms with Crippen molar-refractivity contribution in [3.8, 4) is 28.6 Å². The molecule has 0 radical (unpaired) electrons. The van der Waals surface area contributed by atoms with Gasteiger partial charge in [-0.05, 0) is 115 Å². The number of hydrogen-bond donors (Lipinski definition) is 1. The number of anilines is 1. The van der Waals surface area contributed by atoms with E-state index in [1.165, 1.54) is 4.68 Å². The molecule has 0 aliphatic carbocycles. The molecule has 9 nitrogen and oxygen atoms in total. The Kier molecular flexibility index (Phi) is 11.0. The summed E-state index contributed by atoms with van der Waals surface area (Å²) in [5, 5.41) is 7.97. The highest BCUT2D eigenvalue weighted by Gasteiger charge is 2.19. The average molecular weight is 712 g/mol. The molecule has 10 heteroatoms. The fraction of sp³-hybridized carbons (Fsp3) is 0.263. The second-order valence-electron chi connectivity index (χ2n) is 11.6. The Hall–Kier alpha value is -4.96. The molecule has 1 N–H and O–H groups in total. The number of halogens is 1. The molecule has 248 valence electrons. The number of carbonyl (C=O) groups excluding carboxylic acids is 1. The summed E-state index contributed by atoms with van der Waals surface area (Å²) in [6.07, 6.45) is 1.58. The summed E-state index contributed by atoms with van der Waals surface area (Å²) < 4.78 is 19.6. The first kappa shape index (κ1) is 34.4. The first-order valence-electron chi connectivity index (χ1n) is 15.9. The number of benzene rings is 4. The summed E-state index contributed by atoms with van der Waals surface area (Å²) in [5.74, 6) is 1.91. The zero-order valence-electron chi connectivity index (χ0n) is 28.0. The Morgan fingerprint density at radius 2 is 1.67 bits per heavy atom. The molecule has 48 heavy (non-hydrogen) atoms. The van der Waals surface area contributed by atoms with Crippen LogP contribution in [0.5, 0.6) is 17.2 Å². The summed E-state index contributed by atoms with van der Waals surface area (Å²) in [7, 11) is 0. The molecule has 0 fully saturated rings. The molecule has 5 rings (SSSR count). The number of hydrogen-bond acceptors (Lipinski definition) is 7. The first-order valence-corrected chi connectivity index (χ1v) is 16.7. The van der Waals surface area contributed by atoms with Crippen molar-refractivity contribution in [1.29, 1.82) is 0 Å². The van der Waals surface area contributed by atoms with Crippen molar-refractivity contribution in [1.82, 2.24) is 9.66 Å². The van der Waals surface area contributed by atoms with Crippen LogP contribution in [-0.2, 0) is 4.79 Å². The highest BCUT2D eigenvalue weighted by molar-refractivity contribution is 9.10. The van der Waals surface area contributed by atoms with Gasteiger partial charge in [-0.15, -0.1) is 0 Å². The number of rotatable bonds is 12. The van der Waals surface area contributed by atoms with Crippen LogP contribution in [0.15, 0.2) is 87.2 Å². The van der Waals surface area contributed by atoms with Gasteiger partial charge in [-0.2, -0.15) is 9.78 Å². The molecule has 1 amide bonds. The molecule has 0 unspecified atom stereocenters. The van der Waals surface area contributed by atoms with Gasteiger partial charge in [-0.3, -0.25) is 9.59 Å². The third-order valence-corrected chi connectivity index (χ3v) is 8.20. The van der Waals surface area contributed by atoms with Crippen LogP contribution in [0.2, 0.25) is 0 Å². The molecule has 0 saturated carbocycles. The molecular weight excluding hydrogens is 672 g/mol. The predicted molar refractivity (Wildman–Crippen MR) is 195 cm³/mol. The Balaban J connectivity index is 1.52. The van der Waals surface area contributed by atoms with Gasteiger partial charge in [0.25, 0.3) is 11.5 Å². The van der Waals surface area contributed by atoms with Gasteiger partial charge in [0, 0.05) is 11.3 Å². The van der Waals surface area contributed by atoms with Gasteiger partial charge >= 0.3 is 0 Å². The largest absolute Gasteiger partial charge is 0.494 e. The van der Waals surface area contributed by atoms with Crippen LogP contribution in [0.4, 0.5) is 5.69 Å². The van der Waals surface area contributed by atoms with E-state index in [4.69, 9.17) is 19.2 Å². The minimum absolute atomic E-state index is 0.179. The summed E-state index contributed by atoms with van der Waals surface area (Å²) >= 11 is 3.58. The molecule has 0 saturated heterocycles. The highest BCUT2D eigenvalue weighted by atomic mass is 79.9. The van der Waals surface area contributed by atoms with E-state index in [2.05, 4.69) is 40.2 Å². The van der Waals surface area contributed by atoms with Gasteiger partial charge in [0.2, 0.25) is 0 Å². The van der Waals surface area contributed by atoms with Crippen molar-refractivity contribution in [2.24, 2.45) is 5.10 Å². The van der Waals surface area contributed by atoms with Crippen LogP contribution in [0.3, 0.4) is 0 Å². The topological polar surface area (TPSA) is 104 Å². The van der Waals surface area contributed by atoms with E-state index in [-0.39, 0.29) is 24.0 Å². The lowest BCUT2D eigenvalue weighted by atomic mass is 9.96. The number of ether oxygens (including phenoxy) is 3. The lowest BCUT2D eigenvalue weighted by Gasteiger charge is -2.18. The smallest absolute Gasteiger partial charge is 0.282 e. The Morgan fingerprint density at radius 3 is 2.38 bits per heavy atom. The van der Waals surface area contributed by atoms with Gasteiger partial charge < -0.3 is 19.5 Å². The molecule has 5 aromatic rings. The summed E-state index contributed by atoms with van der Waals surface area (Å²) in [5.41, 5.74) is 5.41. The lowest BCUT2D eigenvalue weighted by Crippen LogP contribution is -2.21. The lowest BCUT2D eigenvalue weighted by molar-refractivity contribution is -0.118. The number of aromatic nitrogens is 2. The SMILES string of the molecule is CCOc1cc(C)c(-c2nc3ccccc3c(=O)n2N=Cc2cc(Br)c(OCC(=O)Nc3ccc(C)cc3)c(OCC)c2)cc1C(C)C. The van der Waals surface area contributed by atoms with Gasteiger partial charge in [-0.1, -0.05) is 43.7 Å².